The molecular weight excluding hydrogens is 501 g/mol. The number of para-hydroxylation sites is 2. The molecule has 0 bridgehead atoms. The van der Waals surface area contributed by atoms with Crippen molar-refractivity contribution in [2.75, 3.05) is 32.8 Å². The molecule has 6 heteroatoms. The second-order valence-electron chi connectivity index (χ2n) is 11.5. The van der Waals surface area contributed by atoms with E-state index in [1.807, 2.05) is 53.6 Å². The Labute approximate surface area is 235 Å². The molecule has 0 atom stereocenters. The fourth-order valence-electron chi connectivity index (χ4n) is 6.61. The van der Waals surface area contributed by atoms with E-state index in [4.69, 9.17) is 4.74 Å². The number of halogens is 1. The summed E-state index contributed by atoms with van der Waals surface area (Å²) in [5.41, 5.74) is 3.72. The molecule has 0 aliphatic carbocycles. The van der Waals surface area contributed by atoms with Crippen molar-refractivity contribution in [1.29, 1.82) is 0 Å². The maximum Gasteiger partial charge on any atom is 0.255 e. The zero-order valence-corrected chi connectivity index (χ0v) is 23.1. The Hall–Kier alpha value is -3.64. The number of nitrogens with zero attached hydrogens (tertiary/aromatic N) is 2. The number of amides is 1. The molecule has 208 valence electrons. The van der Waals surface area contributed by atoms with E-state index >= 15 is 0 Å². The van der Waals surface area contributed by atoms with Gasteiger partial charge in [-0.2, -0.15) is 0 Å². The minimum Gasteiger partial charge on any atom is -0.492 e. The summed E-state index contributed by atoms with van der Waals surface area (Å²) in [6, 6.07) is 23.4. The lowest BCUT2D eigenvalue weighted by Gasteiger charge is -2.45. The van der Waals surface area contributed by atoms with Gasteiger partial charge in [-0.1, -0.05) is 55.0 Å². The molecule has 1 N–H and O–H groups in total. The van der Waals surface area contributed by atoms with Gasteiger partial charge < -0.3 is 14.6 Å². The highest BCUT2D eigenvalue weighted by atomic mass is 19.1. The number of benzene rings is 3. The van der Waals surface area contributed by atoms with Crippen LogP contribution in [-0.2, 0) is 13.0 Å². The van der Waals surface area contributed by atoms with Crippen LogP contribution in [0.1, 0.15) is 53.6 Å². The lowest BCUT2D eigenvalue weighted by molar-refractivity contribution is 0.0360. The number of hydrogen-bond acceptors (Lipinski definition) is 3. The number of nitrogens with one attached hydrogen (secondary N) is 1. The fourth-order valence-corrected chi connectivity index (χ4v) is 6.61. The highest BCUT2D eigenvalue weighted by molar-refractivity contribution is 6.05. The van der Waals surface area contributed by atoms with E-state index in [1.165, 1.54) is 5.56 Å². The first kappa shape index (κ1) is 26.6. The third-order valence-electron chi connectivity index (χ3n) is 8.88. The number of carbonyl (C=O) groups is 1. The summed E-state index contributed by atoms with van der Waals surface area (Å²) < 4.78 is 21.0. The number of hydrogen-bond donors (Lipinski definition) is 1. The summed E-state index contributed by atoms with van der Waals surface area (Å²) in [5.74, 6) is 0.907. The molecule has 0 saturated carbocycles. The van der Waals surface area contributed by atoms with Gasteiger partial charge in [0, 0.05) is 49.9 Å². The van der Waals surface area contributed by atoms with Crippen LogP contribution in [0.3, 0.4) is 0 Å². The molecule has 4 aromatic rings. The lowest BCUT2D eigenvalue weighted by Crippen LogP contribution is -2.48. The maximum atomic E-state index is 14.7. The van der Waals surface area contributed by atoms with Gasteiger partial charge in [-0.3, -0.25) is 9.69 Å². The third-order valence-corrected chi connectivity index (χ3v) is 8.88. The van der Waals surface area contributed by atoms with Crippen LogP contribution < -0.4 is 4.74 Å². The molecule has 1 aromatic heterocycles. The normalized spacial score (nSPS) is 18.5. The van der Waals surface area contributed by atoms with Gasteiger partial charge in [0.15, 0.2) is 0 Å². The van der Waals surface area contributed by atoms with Crippen molar-refractivity contribution in [3.05, 3.63) is 102 Å². The Balaban J connectivity index is 1.21. The number of likely N-dealkylation sites (tertiary alicyclic amines) is 1. The monoisotopic (exact) mass is 539 g/mol. The number of aromatic amines is 1. The van der Waals surface area contributed by atoms with Gasteiger partial charge in [0.25, 0.3) is 5.91 Å². The molecule has 0 radical (unpaired) electrons. The number of H-pyrrole nitrogens is 1. The molecule has 1 saturated heterocycles. The highest BCUT2D eigenvalue weighted by Gasteiger charge is 2.37. The standard InChI is InChI=1S/C34H38FN3O2/c35-30-13-3-1-10-28(30)24-37-22-23-40-31-14-4-2-8-26(31)9-5-6-16-34(25-37)17-20-38(21-18-34)33(39)29-12-7-11-27-15-19-36-32(27)29/h1-4,7-8,10-15,19,36H,5-6,9,16-18,20-25H2. The van der Waals surface area contributed by atoms with E-state index in [-0.39, 0.29) is 17.1 Å². The molecule has 2 aliphatic heterocycles. The number of aromatic nitrogens is 1. The van der Waals surface area contributed by atoms with Crippen LogP contribution in [-0.4, -0.2) is 53.5 Å². The summed E-state index contributed by atoms with van der Waals surface area (Å²) in [5, 5.41) is 1.06. The number of aryl methyl sites for hydroxylation is 1. The van der Waals surface area contributed by atoms with Gasteiger partial charge in [0.2, 0.25) is 0 Å². The maximum absolute atomic E-state index is 14.7. The molecule has 1 spiro atoms. The Morgan fingerprint density at radius 2 is 1.73 bits per heavy atom. The Bertz CT molecular complexity index is 1460. The van der Waals surface area contributed by atoms with Crippen LogP contribution in [0.15, 0.2) is 79.0 Å². The molecule has 2 aliphatic rings. The zero-order valence-electron chi connectivity index (χ0n) is 23.1. The summed E-state index contributed by atoms with van der Waals surface area (Å²) >= 11 is 0. The van der Waals surface area contributed by atoms with Crippen LogP contribution in [0.5, 0.6) is 5.75 Å². The number of rotatable bonds is 3. The van der Waals surface area contributed by atoms with Crippen LogP contribution >= 0.6 is 0 Å². The average Bonchev–Trinajstić information content (AvgIpc) is 3.46. The van der Waals surface area contributed by atoms with Crippen molar-refractivity contribution in [1.82, 2.24) is 14.8 Å². The van der Waals surface area contributed by atoms with Gasteiger partial charge in [-0.25, -0.2) is 4.39 Å². The molecule has 3 aromatic carbocycles. The molecular formula is C34H38FN3O2. The van der Waals surface area contributed by atoms with E-state index in [1.54, 1.807) is 12.1 Å². The number of fused-ring (bicyclic) bond motifs is 2. The number of piperidine rings is 1. The van der Waals surface area contributed by atoms with Crippen LogP contribution in [0.25, 0.3) is 10.9 Å². The zero-order chi connectivity index (χ0) is 27.4. The minimum absolute atomic E-state index is 0.0825. The van der Waals surface area contributed by atoms with E-state index in [9.17, 15) is 9.18 Å². The SMILES string of the molecule is O=C(c1cccc2cc[nH]c12)N1CCC2(CCCCc3ccccc3OCCN(Cc3ccccc3F)C2)CC1. The second-order valence-corrected chi connectivity index (χ2v) is 11.5. The molecule has 1 fully saturated rings. The first-order chi connectivity index (χ1) is 19.6. The van der Waals surface area contributed by atoms with E-state index in [0.29, 0.717) is 13.2 Å². The van der Waals surface area contributed by atoms with Gasteiger partial charge >= 0.3 is 0 Å². The van der Waals surface area contributed by atoms with Crippen molar-refractivity contribution >= 4 is 16.8 Å². The van der Waals surface area contributed by atoms with Crippen molar-refractivity contribution < 1.29 is 13.9 Å². The summed E-state index contributed by atoms with van der Waals surface area (Å²) in [6.07, 6.45) is 8.14. The van der Waals surface area contributed by atoms with Gasteiger partial charge in [0.05, 0.1) is 11.1 Å². The lowest BCUT2D eigenvalue weighted by atomic mass is 9.73. The topological polar surface area (TPSA) is 48.6 Å². The van der Waals surface area contributed by atoms with E-state index in [2.05, 4.69) is 28.1 Å². The Morgan fingerprint density at radius 1 is 0.900 bits per heavy atom. The largest absolute Gasteiger partial charge is 0.492 e. The number of carbonyl (C=O) groups excluding carboxylic acids is 1. The molecule has 0 unspecified atom stereocenters. The van der Waals surface area contributed by atoms with Crippen LogP contribution in [0.4, 0.5) is 4.39 Å². The van der Waals surface area contributed by atoms with Crippen molar-refractivity contribution in [3.63, 3.8) is 0 Å². The molecule has 40 heavy (non-hydrogen) atoms. The summed E-state index contributed by atoms with van der Waals surface area (Å²) in [4.78, 5) is 21.2. The first-order valence-electron chi connectivity index (χ1n) is 14.6. The Kier molecular flexibility index (Phi) is 7.87. The molecule has 5 nitrogen and oxygen atoms in total. The Morgan fingerprint density at radius 3 is 2.60 bits per heavy atom. The number of ether oxygens (including phenoxy) is 1. The second kappa shape index (κ2) is 11.8. The van der Waals surface area contributed by atoms with Crippen LogP contribution in [0.2, 0.25) is 0 Å². The van der Waals surface area contributed by atoms with Gasteiger partial charge in [-0.15, -0.1) is 0 Å². The predicted molar refractivity (Wildman–Crippen MR) is 157 cm³/mol. The summed E-state index contributed by atoms with van der Waals surface area (Å²) in [7, 11) is 0. The fraction of sp³-hybridized carbons (Fsp3) is 0.382. The summed E-state index contributed by atoms with van der Waals surface area (Å²) in [6.45, 7) is 4.19. The van der Waals surface area contributed by atoms with Gasteiger partial charge in [0.1, 0.15) is 18.2 Å². The van der Waals surface area contributed by atoms with E-state index in [0.717, 1.165) is 92.5 Å². The van der Waals surface area contributed by atoms with Crippen molar-refractivity contribution in [2.45, 2.75) is 45.1 Å². The highest BCUT2D eigenvalue weighted by Crippen LogP contribution is 2.39. The average molecular weight is 540 g/mol. The molecule has 1 amide bonds. The quantitative estimate of drug-likeness (QED) is 0.310. The van der Waals surface area contributed by atoms with Crippen molar-refractivity contribution in [3.8, 4) is 5.75 Å². The van der Waals surface area contributed by atoms with Crippen molar-refractivity contribution in [2.24, 2.45) is 5.41 Å². The molecule has 3 heterocycles. The molecule has 6 rings (SSSR count). The predicted octanol–water partition coefficient (Wildman–Crippen LogP) is 6.84. The first-order valence-corrected chi connectivity index (χ1v) is 14.6. The van der Waals surface area contributed by atoms with Crippen LogP contribution in [0, 0.1) is 11.2 Å². The minimum atomic E-state index is -0.159. The third kappa shape index (κ3) is 5.78. The van der Waals surface area contributed by atoms with E-state index < -0.39 is 0 Å². The van der Waals surface area contributed by atoms with Gasteiger partial charge in [-0.05, 0) is 67.3 Å². The smallest absolute Gasteiger partial charge is 0.255 e.